The topological polar surface area (TPSA) is 111 Å². The summed E-state index contributed by atoms with van der Waals surface area (Å²) >= 11 is 0. The van der Waals surface area contributed by atoms with Gasteiger partial charge in [0.2, 0.25) is 5.78 Å². The van der Waals surface area contributed by atoms with Gasteiger partial charge in [-0.15, -0.1) is 0 Å². The second-order valence-electron chi connectivity index (χ2n) is 5.53. The molecule has 0 radical (unpaired) electrons. The Morgan fingerprint density at radius 2 is 1.50 bits per heavy atom. The fraction of sp³-hybridized carbons (Fsp3) is 0.105. The lowest BCUT2D eigenvalue weighted by Gasteiger charge is -2.21. The molecule has 0 saturated carbocycles. The third kappa shape index (κ3) is 2.74. The first-order valence-corrected chi connectivity index (χ1v) is 7.51. The normalized spacial score (nSPS) is 11.9. The SMILES string of the molecule is CC(=O)Oc1cccc2c1C(=O)c1c(OC(C)=O)cc(C#N)cc1C2=O. The Kier molecular flexibility index (Phi) is 4.10. The van der Waals surface area contributed by atoms with Gasteiger partial charge >= 0.3 is 11.9 Å². The van der Waals surface area contributed by atoms with E-state index in [9.17, 15) is 19.2 Å². The summed E-state index contributed by atoms with van der Waals surface area (Å²) in [5.41, 5.74) is -0.154. The highest BCUT2D eigenvalue weighted by molar-refractivity contribution is 6.30. The predicted molar refractivity (Wildman–Crippen MR) is 87.1 cm³/mol. The summed E-state index contributed by atoms with van der Waals surface area (Å²) in [4.78, 5) is 48.6. The lowest BCUT2D eigenvalue weighted by molar-refractivity contribution is -0.132. The van der Waals surface area contributed by atoms with Crippen LogP contribution in [0, 0.1) is 11.3 Å². The quantitative estimate of drug-likeness (QED) is 0.515. The van der Waals surface area contributed by atoms with Crippen molar-refractivity contribution in [1.29, 1.82) is 5.26 Å². The van der Waals surface area contributed by atoms with Gasteiger partial charge < -0.3 is 9.47 Å². The van der Waals surface area contributed by atoms with Crippen LogP contribution in [0.25, 0.3) is 0 Å². The van der Waals surface area contributed by atoms with E-state index < -0.39 is 23.5 Å². The molecule has 0 atom stereocenters. The van der Waals surface area contributed by atoms with E-state index in [0.29, 0.717) is 0 Å². The number of ether oxygens (including phenoxy) is 2. The lowest BCUT2D eigenvalue weighted by atomic mass is 9.82. The van der Waals surface area contributed by atoms with Gasteiger partial charge in [-0.2, -0.15) is 5.26 Å². The Bertz CT molecular complexity index is 1040. The molecule has 0 unspecified atom stereocenters. The van der Waals surface area contributed by atoms with Crippen LogP contribution in [-0.4, -0.2) is 23.5 Å². The molecule has 7 nitrogen and oxygen atoms in total. The molecule has 26 heavy (non-hydrogen) atoms. The summed E-state index contributed by atoms with van der Waals surface area (Å²) in [6.45, 7) is 2.31. The minimum Gasteiger partial charge on any atom is -0.426 e. The Morgan fingerprint density at radius 3 is 2.12 bits per heavy atom. The Hall–Kier alpha value is -3.79. The highest BCUT2D eigenvalue weighted by Crippen LogP contribution is 2.38. The largest absolute Gasteiger partial charge is 0.426 e. The van der Waals surface area contributed by atoms with Crippen LogP contribution in [0.4, 0.5) is 0 Å². The molecule has 1 aliphatic rings. The molecule has 0 saturated heterocycles. The summed E-state index contributed by atoms with van der Waals surface area (Å²) < 4.78 is 10.1. The van der Waals surface area contributed by atoms with Crippen LogP contribution in [0.15, 0.2) is 30.3 Å². The maximum Gasteiger partial charge on any atom is 0.308 e. The van der Waals surface area contributed by atoms with Gasteiger partial charge in [0.25, 0.3) is 0 Å². The number of nitriles is 1. The van der Waals surface area contributed by atoms with E-state index in [1.54, 1.807) is 0 Å². The van der Waals surface area contributed by atoms with Crippen LogP contribution in [0.2, 0.25) is 0 Å². The zero-order chi connectivity index (χ0) is 19.0. The maximum atomic E-state index is 13.0. The van der Waals surface area contributed by atoms with Crippen molar-refractivity contribution in [1.82, 2.24) is 0 Å². The molecule has 2 aromatic rings. The number of carbonyl (C=O) groups is 4. The van der Waals surface area contributed by atoms with Gasteiger partial charge in [0.1, 0.15) is 11.5 Å². The summed E-state index contributed by atoms with van der Waals surface area (Å²) in [6, 6.07) is 8.65. The van der Waals surface area contributed by atoms with E-state index in [2.05, 4.69) is 0 Å². The third-order valence-electron chi connectivity index (χ3n) is 3.71. The van der Waals surface area contributed by atoms with Crippen LogP contribution in [0.1, 0.15) is 51.3 Å². The zero-order valence-corrected chi connectivity index (χ0v) is 13.8. The predicted octanol–water partition coefficient (Wildman–Crippen LogP) is 2.18. The number of carbonyl (C=O) groups excluding carboxylic acids is 4. The number of nitrogens with zero attached hydrogens (tertiary/aromatic N) is 1. The standard InChI is InChI=1S/C19H11NO6/c1-9(21)25-14-5-3-4-12-16(14)19(24)17-13(18(12)23)6-11(8-20)7-15(17)26-10(2)22/h3-7H,1-2H3. The Balaban J connectivity index is 2.30. The highest BCUT2D eigenvalue weighted by atomic mass is 16.5. The van der Waals surface area contributed by atoms with Crippen LogP contribution < -0.4 is 9.47 Å². The van der Waals surface area contributed by atoms with E-state index in [0.717, 1.165) is 6.92 Å². The second-order valence-corrected chi connectivity index (χ2v) is 5.53. The number of rotatable bonds is 2. The summed E-state index contributed by atoms with van der Waals surface area (Å²) in [7, 11) is 0. The van der Waals surface area contributed by atoms with E-state index >= 15 is 0 Å². The number of esters is 2. The van der Waals surface area contributed by atoms with Gasteiger partial charge in [0, 0.05) is 25.0 Å². The Labute approximate surface area is 147 Å². The van der Waals surface area contributed by atoms with Crippen molar-refractivity contribution < 1.29 is 28.7 Å². The molecule has 0 N–H and O–H groups in total. The summed E-state index contributed by atoms with van der Waals surface area (Å²) in [5.74, 6) is -2.77. The molecular weight excluding hydrogens is 338 g/mol. The Morgan fingerprint density at radius 1 is 0.885 bits per heavy atom. The molecule has 0 amide bonds. The van der Waals surface area contributed by atoms with Crippen molar-refractivity contribution in [2.24, 2.45) is 0 Å². The molecule has 2 aromatic carbocycles. The monoisotopic (exact) mass is 349 g/mol. The number of hydrogen-bond donors (Lipinski definition) is 0. The van der Waals surface area contributed by atoms with E-state index in [4.69, 9.17) is 14.7 Å². The molecule has 3 rings (SSSR count). The van der Waals surface area contributed by atoms with Crippen LogP contribution in [0.3, 0.4) is 0 Å². The second kappa shape index (κ2) is 6.26. The first kappa shape index (κ1) is 17.0. The molecule has 7 heteroatoms. The van der Waals surface area contributed by atoms with Crippen LogP contribution in [-0.2, 0) is 9.59 Å². The van der Waals surface area contributed by atoms with Gasteiger partial charge in [-0.25, -0.2) is 0 Å². The summed E-state index contributed by atoms with van der Waals surface area (Å²) in [6.07, 6.45) is 0. The molecule has 0 aromatic heterocycles. The van der Waals surface area contributed by atoms with Gasteiger partial charge in [0.05, 0.1) is 22.8 Å². The van der Waals surface area contributed by atoms with Gasteiger partial charge in [-0.1, -0.05) is 12.1 Å². The van der Waals surface area contributed by atoms with Crippen molar-refractivity contribution in [2.75, 3.05) is 0 Å². The van der Waals surface area contributed by atoms with E-state index in [-0.39, 0.29) is 39.3 Å². The minimum absolute atomic E-state index is 0.0437. The zero-order valence-electron chi connectivity index (χ0n) is 13.8. The van der Waals surface area contributed by atoms with Crippen molar-refractivity contribution in [3.63, 3.8) is 0 Å². The van der Waals surface area contributed by atoms with Crippen LogP contribution in [0.5, 0.6) is 11.5 Å². The van der Waals surface area contributed by atoms with Crippen LogP contribution >= 0.6 is 0 Å². The minimum atomic E-state index is -0.707. The molecule has 0 fully saturated rings. The van der Waals surface area contributed by atoms with Crippen molar-refractivity contribution in [3.8, 4) is 17.6 Å². The molecular formula is C19H11NO6. The number of ketones is 2. The average Bonchev–Trinajstić information content (AvgIpc) is 2.57. The molecule has 0 bridgehead atoms. The molecule has 0 heterocycles. The molecule has 0 aliphatic heterocycles. The van der Waals surface area contributed by atoms with E-state index in [1.165, 1.54) is 37.3 Å². The van der Waals surface area contributed by atoms with Gasteiger partial charge in [0.15, 0.2) is 5.78 Å². The third-order valence-corrected chi connectivity index (χ3v) is 3.71. The smallest absolute Gasteiger partial charge is 0.308 e. The number of hydrogen-bond acceptors (Lipinski definition) is 7. The van der Waals surface area contributed by atoms with Crippen molar-refractivity contribution in [3.05, 3.63) is 58.1 Å². The number of fused-ring (bicyclic) bond motifs is 2. The average molecular weight is 349 g/mol. The van der Waals surface area contributed by atoms with Gasteiger partial charge in [-0.05, 0) is 18.2 Å². The van der Waals surface area contributed by atoms with Crippen molar-refractivity contribution in [2.45, 2.75) is 13.8 Å². The number of benzene rings is 2. The summed E-state index contributed by atoms with van der Waals surface area (Å²) in [5, 5.41) is 9.14. The molecule has 1 aliphatic carbocycles. The maximum absolute atomic E-state index is 13.0. The fourth-order valence-corrected chi connectivity index (χ4v) is 2.79. The molecule has 128 valence electrons. The first-order valence-electron chi connectivity index (χ1n) is 7.51. The fourth-order valence-electron chi connectivity index (χ4n) is 2.79. The first-order chi connectivity index (χ1) is 12.3. The van der Waals surface area contributed by atoms with Gasteiger partial charge in [-0.3, -0.25) is 19.2 Å². The molecule has 0 spiro atoms. The van der Waals surface area contributed by atoms with E-state index in [1.807, 2.05) is 6.07 Å². The highest BCUT2D eigenvalue weighted by Gasteiger charge is 2.36. The lowest BCUT2D eigenvalue weighted by Crippen LogP contribution is -2.24. The van der Waals surface area contributed by atoms with Crippen molar-refractivity contribution >= 4 is 23.5 Å².